The van der Waals surface area contributed by atoms with Crippen LogP contribution in [0.2, 0.25) is 0 Å². The molecular weight excluding hydrogens is 284 g/mol. The fraction of sp³-hybridized carbons (Fsp3) is 0.938. The molecule has 0 aromatic heterocycles. The summed E-state index contributed by atoms with van der Waals surface area (Å²) in [6.07, 6.45) is 7.94. The third-order valence-corrected chi connectivity index (χ3v) is 4.30. The summed E-state index contributed by atoms with van der Waals surface area (Å²) in [7, 11) is 0. The molecule has 0 unspecified atom stereocenters. The molecule has 0 aromatic rings. The van der Waals surface area contributed by atoms with Crippen LogP contribution in [0.3, 0.4) is 0 Å². The molecule has 0 radical (unpaired) electrons. The fourth-order valence-electron chi connectivity index (χ4n) is 2.45. The number of unbranched alkanes of at least 4 members (excludes halogenated alkanes) is 2. The number of rotatable bonds is 7. The molecule has 0 aromatic carbocycles. The van der Waals surface area contributed by atoms with Gasteiger partial charge in [0.25, 0.3) is 0 Å². The first-order valence-corrected chi connectivity index (χ1v) is 9.52. The van der Waals surface area contributed by atoms with E-state index in [4.69, 9.17) is 4.74 Å². The van der Waals surface area contributed by atoms with E-state index in [1.54, 1.807) is 0 Å². The number of amides is 1. The van der Waals surface area contributed by atoms with E-state index in [1.807, 2.05) is 37.4 Å². The summed E-state index contributed by atoms with van der Waals surface area (Å²) >= 11 is 1.92. The van der Waals surface area contributed by atoms with Crippen molar-refractivity contribution in [1.29, 1.82) is 0 Å². The number of ether oxygens (including phenoxy) is 1. The van der Waals surface area contributed by atoms with Gasteiger partial charge in [-0.1, -0.05) is 6.42 Å². The summed E-state index contributed by atoms with van der Waals surface area (Å²) < 4.78 is 5.41. The largest absolute Gasteiger partial charge is 0.444 e. The molecule has 21 heavy (non-hydrogen) atoms. The molecule has 0 atom stereocenters. The van der Waals surface area contributed by atoms with Gasteiger partial charge in [-0.05, 0) is 65.0 Å². The van der Waals surface area contributed by atoms with E-state index in [1.165, 1.54) is 25.0 Å². The summed E-state index contributed by atoms with van der Waals surface area (Å²) in [5, 5.41) is 3.62. The van der Waals surface area contributed by atoms with E-state index < -0.39 is 5.60 Å². The van der Waals surface area contributed by atoms with Crippen molar-refractivity contribution in [3.63, 3.8) is 0 Å². The van der Waals surface area contributed by atoms with Crippen LogP contribution in [-0.2, 0) is 4.74 Å². The van der Waals surface area contributed by atoms with Crippen LogP contribution in [0, 0.1) is 0 Å². The Morgan fingerprint density at radius 1 is 1.24 bits per heavy atom. The van der Waals surface area contributed by atoms with Crippen LogP contribution in [0.15, 0.2) is 0 Å². The fourth-order valence-corrected chi connectivity index (χ4v) is 2.94. The number of thioether (sulfide) groups is 1. The molecule has 0 spiro atoms. The van der Waals surface area contributed by atoms with Gasteiger partial charge in [0.1, 0.15) is 5.60 Å². The van der Waals surface area contributed by atoms with E-state index in [-0.39, 0.29) is 6.09 Å². The number of carbonyl (C=O) groups excluding carboxylic acids is 1. The van der Waals surface area contributed by atoms with Crippen molar-refractivity contribution in [2.45, 2.75) is 64.5 Å². The first-order chi connectivity index (χ1) is 9.92. The normalized spacial score (nSPS) is 17.0. The van der Waals surface area contributed by atoms with Crippen LogP contribution in [-0.4, -0.2) is 54.3 Å². The second-order valence-electron chi connectivity index (χ2n) is 6.75. The van der Waals surface area contributed by atoms with Crippen molar-refractivity contribution in [3.05, 3.63) is 0 Å². The lowest BCUT2D eigenvalue weighted by Gasteiger charge is -2.33. The molecule has 0 bridgehead atoms. The standard InChI is InChI=1S/C16H32N2O2S/c1-16(2,3)20-15(19)18-11-8-14(9-12-18)17-10-6-5-7-13-21-4/h14,17H,5-13H2,1-4H3. The monoisotopic (exact) mass is 316 g/mol. The number of carbonyl (C=O) groups is 1. The average Bonchev–Trinajstić information content (AvgIpc) is 2.41. The van der Waals surface area contributed by atoms with E-state index in [2.05, 4.69) is 11.6 Å². The summed E-state index contributed by atoms with van der Waals surface area (Å²) in [5.74, 6) is 1.27. The van der Waals surface area contributed by atoms with Gasteiger partial charge in [-0.15, -0.1) is 0 Å². The third kappa shape index (κ3) is 8.57. The summed E-state index contributed by atoms with van der Waals surface area (Å²) in [5.41, 5.74) is -0.400. The van der Waals surface area contributed by atoms with Crippen molar-refractivity contribution in [2.24, 2.45) is 0 Å². The number of nitrogens with zero attached hydrogens (tertiary/aromatic N) is 1. The lowest BCUT2D eigenvalue weighted by molar-refractivity contribution is 0.0198. The number of nitrogens with one attached hydrogen (secondary N) is 1. The molecule has 1 aliphatic rings. The minimum atomic E-state index is -0.400. The maximum Gasteiger partial charge on any atom is 0.410 e. The Morgan fingerprint density at radius 3 is 2.48 bits per heavy atom. The SMILES string of the molecule is CSCCCCCNC1CCN(C(=O)OC(C)(C)C)CC1. The molecule has 0 saturated carbocycles. The first-order valence-electron chi connectivity index (χ1n) is 8.12. The Balaban J connectivity index is 2.10. The molecule has 1 N–H and O–H groups in total. The van der Waals surface area contributed by atoms with E-state index in [9.17, 15) is 4.79 Å². The number of hydrogen-bond donors (Lipinski definition) is 1. The summed E-state index contributed by atoms with van der Waals surface area (Å²) in [4.78, 5) is 13.8. The number of piperidine rings is 1. The Hall–Kier alpha value is -0.420. The lowest BCUT2D eigenvalue weighted by Crippen LogP contribution is -2.46. The zero-order valence-corrected chi connectivity index (χ0v) is 14.9. The molecule has 5 heteroatoms. The van der Waals surface area contributed by atoms with Gasteiger partial charge in [-0.25, -0.2) is 4.79 Å². The number of likely N-dealkylation sites (tertiary alicyclic amines) is 1. The van der Waals surface area contributed by atoms with Crippen LogP contribution in [0.25, 0.3) is 0 Å². The zero-order valence-electron chi connectivity index (χ0n) is 14.1. The van der Waals surface area contributed by atoms with Crippen LogP contribution < -0.4 is 5.32 Å². The minimum Gasteiger partial charge on any atom is -0.444 e. The zero-order chi connectivity index (χ0) is 15.7. The topological polar surface area (TPSA) is 41.6 Å². The second-order valence-corrected chi connectivity index (χ2v) is 7.73. The molecule has 1 saturated heterocycles. The van der Waals surface area contributed by atoms with Crippen molar-refractivity contribution in [3.8, 4) is 0 Å². The van der Waals surface area contributed by atoms with Crippen LogP contribution in [0.1, 0.15) is 52.9 Å². The van der Waals surface area contributed by atoms with Crippen LogP contribution in [0.4, 0.5) is 4.79 Å². The molecular formula is C16H32N2O2S. The third-order valence-electron chi connectivity index (χ3n) is 3.60. The number of hydrogen-bond acceptors (Lipinski definition) is 4. The quantitative estimate of drug-likeness (QED) is 0.730. The molecule has 1 heterocycles. The van der Waals surface area contributed by atoms with Crippen molar-refractivity contribution >= 4 is 17.9 Å². The molecule has 0 aliphatic carbocycles. The molecule has 1 amide bonds. The van der Waals surface area contributed by atoms with Crippen LogP contribution >= 0.6 is 11.8 Å². The van der Waals surface area contributed by atoms with Crippen molar-refractivity contribution < 1.29 is 9.53 Å². The predicted molar refractivity (Wildman–Crippen MR) is 91.1 cm³/mol. The average molecular weight is 317 g/mol. The summed E-state index contributed by atoms with van der Waals surface area (Å²) in [6.45, 7) is 8.45. The second kappa shape index (κ2) is 9.57. The van der Waals surface area contributed by atoms with E-state index in [0.29, 0.717) is 6.04 Å². The van der Waals surface area contributed by atoms with E-state index >= 15 is 0 Å². The molecule has 1 fully saturated rings. The Kier molecular flexibility index (Phi) is 8.49. The van der Waals surface area contributed by atoms with Gasteiger partial charge in [0.2, 0.25) is 0 Å². The summed E-state index contributed by atoms with van der Waals surface area (Å²) in [6, 6.07) is 0.559. The van der Waals surface area contributed by atoms with Gasteiger partial charge in [0.15, 0.2) is 0 Å². The van der Waals surface area contributed by atoms with Gasteiger partial charge in [-0.3, -0.25) is 0 Å². The Morgan fingerprint density at radius 2 is 1.90 bits per heavy atom. The highest BCUT2D eigenvalue weighted by Gasteiger charge is 2.26. The van der Waals surface area contributed by atoms with Crippen molar-refractivity contribution in [1.82, 2.24) is 10.2 Å². The maximum atomic E-state index is 12.0. The smallest absolute Gasteiger partial charge is 0.410 e. The van der Waals surface area contributed by atoms with Gasteiger partial charge in [-0.2, -0.15) is 11.8 Å². The minimum absolute atomic E-state index is 0.169. The highest BCUT2D eigenvalue weighted by Crippen LogP contribution is 2.15. The van der Waals surface area contributed by atoms with Gasteiger partial charge >= 0.3 is 6.09 Å². The highest BCUT2D eigenvalue weighted by atomic mass is 32.2. The highest BCUT2D eigenvalue weighted by molar-refractivity contribution is 7.98. The van der Waals surface area contributed by atoms with Crippen molar-refractivity contribution in [2.75, 3.05) is 31.6 Å². The predicted octanol–water partition coefficient (Wildman–Crippen LogP) is 3.51. The molecule has 1 rings (SSSR count). The molecule has 1 aliphatic heterocycles. The first kappa shape index (κ1) is 18.6. The van der Waals surface area contributed by atoms with E-state index in [0.717, 1.165) is 32.5 Å². The maximum absolute atomic E-state index is 12.0. The van der Waals surface area contributed by atoms with Crippen LogP contribution in [0.5, 0.6) is 0 Å². The molecule has 124 valence electrons. The van der Waals surface area contributed by atoms with Gasteiger partial charge < -0.3 is 15.0 Å². The lowest BCUT2D eigenvalue weighted by atomic mass is 10.1. The van der Waals surface area contributed by atoms with Gasteiger partial charge in [0, 0.05) is 19.1 Å². The molecule has 4 nitrogen and oxygen atoms in total. The Labute approximate surface area is 134 Å². The van der Waals surface area contributed by atoms with Gasteiger partial charge in [0.05, 0.1) is 0 Å². The Bertz CT molecular complexity index is 297.